The van der Waals surface area contributed by atoms with Crippen molar-refractivity contribution in [3.8, 4) is 0 Å². The molecule has 40 heavy (non-hydrogen) atoms. The van der Waals surface area contributed by atoms with E-state index in [0.29, 0.717) is 11.2 Å². The number of hydrogen-bond donors (Lipinski definition) is 0. The van der Waals surface area contributed by atoms with Crippen LogP contribution in [0.3, 0.4) is 0 Å². The van der Waals surface area contributed by atoms with Gasteiger partial charge in [-0.1, -0.05) is 160 Å². The Morgan fingerprint density at radius 3 is 0.825 bits per heavy atom. The maximum Gasteiger partial charge on any atom is -0.0195 e. The second-order valence-electron chi connectivity index (χ2n) is 9.01. The van der Waals surface area contributed by atoms with Gasteiger partial charge in [0.15, 0.2) is 0 Å². The molecule has 208 valence electrons. The van der Waals surface area contributed by atoms with E-state index in [-0.39, 0.29) is 23.8 Å². The van der Waals surface area contributed by atoms with Gasteiger partial charge in [0.2, 0.25) is 0 Å². The average Bonchev–Trinajstić information content (AvgIpc) is 3.03. The zero-order valence-electron chi connectivity index (χ0n) is 22.2. The van der Waals surface area contributed by atoms with Crippen LogP contribution in [0.5, 0.6) is 0 Å². The smallest absolute Gasteiger partial charge is 0.0195 e. The standard InChI is InChI=1S/C34H33P3.2HI.Pt/c1-6-16-30(17-7-1)35(26-28-36(31-18-8-2-9-19-31)32-20-10-3-11-21-32)27-29-37(33-22-12-4-13-23-33)34-24-14-5-15-25-34;;;/h1-25H,26-29H2;2*1H;/q;;;+2/p-2. The predicted octanol–water partition coefficient (Wildman–Crippen LogP) is 8.83. The Morgan fingerprint density at radius 1 is 0.350 bits per heavy atom. The van der Waals surface area contributed by atoms with Crippen LogP contribution in [0.2, 0.25) is 0 Å². The Morgan fingerprint density at radius 2 is 0.575 bits per heavy atom. The first-order valence-corrected chi connectivity index (χ1v) is 30.8. The molecule has 0 saturated carbocycles. The summed E-state index contributed by atoms with van der Waals surface area (Å²) in [4.78, 5) is 0. The largest absolute Gasteiger partial charge is 0.0746 e. The van der Waals surface area contributed by atoms with Crippen molar-refractivity contribution in [3.05, 3.63) is 152 Å². The van der Waals surface area contributed by atoms with E-state index in [9.17, 15) is 0 Å². The van der Waals surface area contributed by atoms with Gasteiger partial charge < -0.3 is 0 Å². The first-order chi connectivity index (χ1) is 19.8. The van der Waals surface area contributed by atoms with Gasteiger partial charge in [-0.15, -0.1) is 0 Å². The molecule has 0 spiro atoms. The molecular weight excluding hydrogens is 950 g/mol. The molecule has 5 rings (SSSR count). The summed E-state index contributed by atoms with van der Waals surface area (Å²) < 4.78 is 0. The van der Waals surface area contributed by atoms with Crippen molar-refractivity contribution in [2.24, 2.45) is 0 Å². The minimum absolute atomic E-state index is 0.250. The fraction of sp³-hybridized carbons (Fsp3) is 0.118. The zero-order chi connectivity index (χ0) is 27.8. The third-order valence-corrected chi connectivity index (χ3v) is 14.9. The first-order valence-electron chi connectivity index (χ1n) is 13.2. The van der Waals surface area contributed by atoms with Crippen LogP contribution in [-0.2, 0) is 11.2 Å². The molecule has 0 saturated heterocycles. The molecular formula is C34H33I2P3Pt. The van der Waals surface area contributed by atoms with Crippen LogP contribution in [0.15, 0.2) is 152 Å². The molecule has 0 aliphatic carbocycles. The van der Waals surface area contributed by atoms with Crippen LogP contribution in [0.25, 0.3) is 0 Å². The van der Waals surface area contributed by atoms with Gasteiger partial charge in [0, 0.05) is 0 Å². The normalized spacial score (nSPS) is 11.0. The van der Waals surface area contributed by atoms with Crippen molar-refractivity contribution in [2.75, 3.05) is 24.6 Å². The Bertz CT molecular complexity index is 1180. The van der Waals surface area contributed by atoms with E-state index in [1.165, 1.54) is 45.9 Å². The van der Waals surface area contributed by atoms with Gasteiger partial charge in [-0.25, -0.2) is 0 Å². The fourth-order valence-corrected chi connectivity index (χ4v) is 13.3. The second kappa shape index (κ2) is 18.9. The van der Waals surface area contributed by atoms with E-state index in [1.54, 1.807) is 5.30 Å². The Kier molecular flexibility index (Phi) is 15.4. The molecule has 6 heteroatoms. The van der Waals surface area contributed by atoms with E-state index in [1.807, 2.05) is 0 Å². The molecule has 0 fully saturated rings. The predicted molar refractivity (Wildman–Crippen MR) is 199 cm³/mol. The van der Waals surface area contributed by atoms with E-state index >= 15 is 0 Å². The molecule has 0 amide bonds. The molecule has 5 aromatic carbocycles. The third-order valence-electron chi connectivity index (χ3n) is 6.58. The monoisotopic (exact) mass is 983 g/mol. The van der Waals surface area contributed by atoms with Gasteiger partial charge >= 0.3 is 49.9 Å². The van der Waals surface area contributed by atoms with E-state index in [0.717, 1.165) is 0 Å². The van der Waals surface area contributed by atoms with Gasteiger partial charge in [-0.2, -0.15) is 0 Å². The molecule has 0 unspecified atom stereocenters. The fourth-order valence-electron chi connectivity index (χ4n) is 4.70. The van der Waals surface area contributed by atoms with E-state index in [4.69, 9.17) is 0 Å². The van der Waals surface area contributed by atoms with Crippen LogP contribution >= 0.6 is 62.5 Å². The summed E-state index contributed by atoms with van der Waals surface area (Å²) in [7, 11) is -0.982. The van der Waals surface area contributed by atoms with Crippen molar-refractivity contribution < 1.29 is 11.2 Å². The molecule has 0 aliphatic heterocycles. The van der Waals surface area contributed by atoms with Gasteiger partial charge in [0.05, 0.1) is 0 Å². The Balaban J connectivity index is 0.00000118. The molecule has 0 aliphatic rings. The maximum atomic E-state index is 2.39. The van der Waals surface area contributed by atoms with Crippen molar-refractivity contribution in [1.82, 2.24) is 0 Å². The maximum absolute atomic E-state index is 2.39. The Hall–Kier alpha value is -0.462. The summed E-state index contributed by atoms with van der Waals surface area (Å²) in [5, 5.41) is 7.50. The second-order valence-corrected chi connectivity index (χ2v) is 32.8. The molecule has 0 N–H and O–H groups in total. The van der Waals surface area contributed by atoms with E-state index < -0.39 is 0 Å². The van der Waals surface area contributed by atoms with Crippen molar-refractivity contribution >= 4 is 89.0 Å². The minimum Gasteiger partial charge on any atom is -0.0746 e. The van der Waals surface area contributed by atoms with E-state index in [2.05, 4.69) is 190 Å². The summed E-state index contributed by atoms with van der Waals surface area (Å²) in [6, 6.07) is 56.0. The van der Waals surface area contributed by atoms with Crippen LogP contribution in [-0.4, -0.2) is 24.6 Å². The zero-order valence-corrected chi connectivity index (χ0v) is 31.4. The number of benzene rings is 5. The summed E-state index contributed by atoms with van der Waals surface area (Å²) in [6.07, 6.45) is 5.00. The molecule has 0 bridgehead atoms. The van der Waals surface area contributed by atoms with Crippen LogP contribution in [0, 0.1) is 0 Å². The average molecular weight is 983 g/mol. The van der Waals surface area contributed by atoms with Gasteiger partial charge in [-0.05, 0) is 67.0 Å². The summed E-state index contributed by atoms with van der Waals surface area (Å²) in [5.74, 6) is 0. The molecule has 0 aromatic heterocycles. The SMILES string of the molecule is [I][Pt][I].c1ccc(P(CCP(c2ccccc2)c2ccccc2)CCP(c2ccccc2)c2ccccc2)cc1. The van der Waals surface area contributed by atoms with Crippen LogP contribution in [0.4, 0.5) is 0 Å². The molecule has 5 aromatic rings. The molecule has 0 heterocycles. The van der Waals surface area contributed by atoms with Crippen molar-refractivity contribution in [2.45, 2.75) is 0 Å². The number of halogens is 2. The third kappa shape index (κ3) is 10.4. The summed E-state index contributed by atoms with van der Waals surface area (Å²) in [6.45, 7) is 0. The van der Waals surface area contributed by atoms with Crippen molar-refractivity contribution in [1.29, 1.82) is 0 Å². The van der Waals surface area contributed by atoms with Gasteiger partial charge in [0.25, 0.3) is 0 Å². The molecule has 0 nitrogen and oxygen atoms in total. The summed E-state index contributed by atoms with van der Waals surface area (Å²) in [5.41, 5.74) is 0. The molecule has 0 atom stereocenters. The topological polar surface area (TPSA) is 0 Å². The summed E-state index contributed by atoms with van der Waals surface area (Å²) >= 11 is 5.30. The first kappa shape index (κ1) is 32.5. The number of hydrogen-bond acceptors (Lipinski definition) is 0. The van der Waals surface area contributed by atoms with Gasteiger partial charge in [0.1, 0.15) is 0 Å². The minimum atomic E-state index is -0.366. The number of rotatable bonds is 11. The van der Waals surface area contributed by atoms with Crippen LogP contribution in [0.1, 0.15) is 0 Å². The van der Waals surface area contributed by atoms with Crippen molar-refractivity contribution in [3.63, 3.8) is 0 Å². The van der Waals surface area contributed by atoms with Crippen LogP contribution < -0.4 is 26.5 Å². The van der Waals surface area contributed by atoms with Gasteiger partial charge in [-0.3, -0.25) is 0 Å². The Labute approximate surface area is 273 Å². The quantitative estimate of drug-likeness (QED) is 0.0918. The molecule has 0 radical (unpaired) electrons.